The average molecular weight is 514 g/mol. The molecular formula is C31H36FN5O. The number of fused-ring (bicyclic) bond motifs is 1. The summed E-state index contributed by atoms with van der Waals surface area (Å²) in [5.41, 5.74) is 3.11. The van der Waals surface area contributed by atoms with Crippen molar-refractivity contribution in [3.05, 3.63) is 72.7 Å². The molecule has 2 aromatic heterocycles. The van der Waals surface area contributed by atoms with E-state index >= 15 is 0 Å². The first-order chi connectivity index (χ1) is 18.7. The summed E-state index contributed by atoms with van der Waals surface area (Å²) in [4.78, 5) is 14.5. The van der Waals surface area contributed by atoms with E-state index in [0.717, 1.165) is 41.7 Å². The molecule has 2 aromatic carbocycles. The van der Waals surface area contributed by atoms with Crippen LogP contribution in [-0.2, 0) is 0 Å². The highest BCUT2D eigenvalue weighted by Gasteiger charge is 2.24. The molecule has 0 unspecified atom stereocenters. The molecule has 0 N–H and O–H groups in total. The molecule has 3 heterocycles. The van der Waals surface area contributed by atoms with E-state index in [-0.39, 0.29) is 5.82 Å². The maximum Gasteiger partial charge on any atom is 0.164 e. The van der Waals surface area contributed by atoms with Gasteiger partial charge in [0.2, 0.25) is 0 Å². The summed E-state index contributed by atoms with van der Waals surface area (Å²) in [6, 6.07) is 19.3. The van der Waals surface area contributed by atoms with Crippen molar-refractivity contribution in [3.8, 4) is 23.0 Å². The van der Waals surface area contributed by atoms with E-state index in [1.54, 1.807) is 12.3 Å². The van der Waals surface area contributed by atoms with Crippen LogP contribution in [0.2, 0.25) is 0 Å². The van der Waals surface area contributed by atoms with Crippen LogP contribution in [0, 0.1) is 5.82 Å². The third kappa shape index (κ3) is 5.59. The molecule has 6 nitrogen and oxygen atoms in total. The normalized spacial score (nSPS) is 17.7. The van der Waals surface area contributed by atoms with Gasteiger partial charge in [-0.1, -0.05) is 25.3 Å². The second-order valence-electron chi connectivity index (χ2n) is 10.5. The average Bonchev–Trinajstić information content (AvgIpc) is 3.35. The van der Waals surface area contributed by atoms with Gasteiger partial charge >= 0.3 is 0 Å². The minimum absolute atomic E-state index is 0.301. The fourth-order valence-corrected chi connectivity index (χ4v) is 5.95. The number of pyridine rings is 1. The zero-order valence-electron chi connectivity index (χ0n) is 21.9. The molecular weight excluding hydrogens is 477 g/mol. The van der Waals surface area contributed by atoms with E-state index in [1.165, 1.54) is 70.4 Å². The molecule has 38 heavy (non-hydrogen) atoms. The molecule has 1 saturated heterocycles. The number of hydrogen-bond donors (Lipinski definition) is 0. The zero-order chi connectivity index (χ0) is 25.7. The first kappa shape index (κ1) is 25.0. The van der Waals surface area contributed by atoms with Crippen molar-refractivity contribution in [1.29, 1.82) is 0 Å². The van der Waals surface area contributed by atoms with Crippen LogP contribution in [0.5, 0.6) is 5.75 Å². The first-order valence-electron chi connectivity index (χ1n) is 14.0. The van der Waals surface area contributed by atoms with Gasteiger partial charge in [-0.15, -0.1) is 0 Å². The van der Waals surface area contributed by atoms with Gasteiger partial charge in [-0.3, -0.25) is 14.5 Å². The molecule has 0 amide bonds. The van der Waals surface area contributed by atoms with Crippen molar-refractivity contribution >= 4 is 11.0 Å². The van der Waals surface area contributed by atoms with Gasteiger partial charge in [0.1, 0.15) is 17.3 Å². The molecule has 0 atom stereocenters. The van der Waals surface area contributed by atoms with Crippen molar-refractivity contribution < 1.29 is 9.13 Å². The van der Waals surface area contributed by atoms with Crippen LogP contribution < -0.4 is 4.74 Å². The summed E-state index contributed by atoms with van der Waals surface area (Å²) in [6.07, 6.45) is 9.80. The SMILES string of the molecule is Fc1ccc2c(c1)nc(-c1ccccn1)n2-c1ccc(OCCCN2CCN(C3CCCCC3)CC2)cc1. The van der Waals surface area contributed by atoms with Crippen molar-refractivity contribution in [3.63, 3.8) is 0 Å². The molecule has 0 bridgehead atoms. The largest absolute Gasteiger partial charge is 0.494 e. The maximum atomic E-state index is 13.9. The fraction of sp³-hybridized carbons (Fsp3) is 0.419. The second kappa shape index (κ2) is 11.6. The smallest absolute Gasteiger partial charge is 0.164 e. The van der Waals surface area contributed by atoms with Gasteiger partial charge in [0.05, 0.1) is 17.6 Å². The predicted molar refractivity (Wildman–Crippen MR) is 149 cm³/mol. The van der Waals surface area contributed by atoms with Crippen LogP contribution in [0.1, 0.15) is 38.5 Å². The monoisotopic (exact) mass is 513 g/mol. The third-order valence-electron chi connectivity index (χ3n) is 7.99. The van der Waals surface area contributed by atoms with Crippen molar-refractivity contribution in [2.24, 2.45) is 0 Å². The van der Waals surface area contributed by atoms with E-state index in [1.807, 2.05) is 47.0 Å². The van der Waals surface area contributed by atoms with Gasteiger partial charge < -0.3 is 9.64 Å². The van der Waals surface area contributed by atoms with Gasteiger partial charge in [0.25, 0.3) is 0 Å². The number of hydrogen-bond acceptors (Lipinski definition) is 5. The Morgan fingerprint density at radius 1 is 0.895 bits per heavy atom. The Hall–Kier alpha value is -3.29. The highest BCUT2D eigenvalue weighted by Crippen LogP contribution is 2.29. The van der Waals surface area contributed by atoms with E-state index < -0.39 is 0 Å². The Morgan fingerprint density at radius 3 is 2.47 bits per heavy atom. The minimum atomic E-state index is -0.301. The minimum Gasteiger partial charge on any atom is -0.494 e. The van der Waals surface area contributed by atoms with E-state index in [4.69, 9.17) is 9.72 Å². The van der Waals surface area contributed by atoms with Gasteiger partial charge in [0, 0.05) is 56.7 Å². The van der Waals surface area contributed by atoms with Crippen LogP contribution in [0.4, 0.5) is 4.39 Å². The number of ether oxygens (including phenoxy) is 1. The lowest BCUT2D eigenvalue weighted by atomic mass is 9.94. The summed E-state index contributed by atoms with van der Waals surface area (Å²) in [5, 5.41) is 0. The first-order valence-corrected chi connectivity index (χ1v) is 14.0. The number of imidazole rings is 1. The van der Waals surface area contributed by atoms with E-state index in [0.29, 0.717) is 17.9 Å². The Balaban J connectivity index is 1.05. The van der Waals surface area contributed by atoms with Gasteiger partial charge in [-0.25, -0.2) is 9.37 Å². The highest BCUT2D eigenvalue weighted by molar-refractivity contribution is 5.82. The second-order valence-corrected chi connectivity index (χ2v) is 10.5. The molecule has 1 aliphatic carbocycles. The molecule has 1 aliphatic heterocycles. The molecule has 2 aliphatic rings. The standard InChI is InChI=1S/C31H36FN5O/c32-24-10-15-30-29(23-24)34-31(28-9-4-5-16-33-28)37(30)26-11-13-27(14-12-26)38-22-6-17-35-18-20-36(21-19-35)25-7-2-1-3-8-25/h4-5,9-16,23,25H,1-3,6-8,17-22H2. The zero-order valence-corrected chi connectivity index (χ0v) is 21.9. The van der Waals surface area contributed by atoms with Crippen LogP contribution >= 0.6 is 0 Å². The summed E-state index contributed by atoms with van der Waals surface area (Å²) in [7, 11) is 0. The number of benzene rings is 2. The molecule has 6 rings (SSSR count). The molecule has 0 radical (unpaired) electrons. The summed E-state index contributed by atoms with van der Waals surface area (Å²) in [6.45, 7) is 6.56. The number of aromatic nitrogens is 3. The number of halogens is 1. The molecule has 2 fully saturated rings. The molecule has 1 saturated carbocycles. The van der Waals surface area contributed by atoms with Gasteiger partial charge in [-0.2, -0.15) is 0 Å². The van der Waals surface area contributed by atoms with Crippen molar-refractivity contribution in [2.75, 3.05) is 39.3 Å². The Labute approximate surface area is 224 Å². The topological polar surface area (TPSA) is 46.4 Å². The maximum absolute atomic E-state index is 13.9. The van der Waals surface area contributed by atoms with Crippen LogP contribution in [0.25, 0.3) is 28.2 Å². The Kier molecular flexibility index (Phi) is 7.65. The third-order valence-corrected chi connectivity index (χ3v) is 7.99. The summed E-state index contributed by atoms with van der Waals surface area (Å²) in [5.74, 6) is 1.23. The number of piperazine rings is 1. The van der Waals surface area contributed by atoms with E-state index in [9.17, 15) is 4.39 Å². The Morgan fingerprint density at radius 2 is 1.71 bits per heavy atom. The van der Waals surface area contributed by atoms with Gasteiger partial charge in [-0.05, 0) is 67.8 Å². The quantitative estimate of drug-likeness (QED) is 0.273. The van der Waals surface area contributed by atoms with Crippen molar-refractivity contribution in [2.45, 2.75) is 44.6 Å². The number of rotatable bonds is 8. The molecule has 7 heteroatoms. The molecule has 198 valence electrons. The van der Waals surface area contributed by atoms with Crippen molar-refractivity contribution in [1.82, 2.24) is 24.3 Å². The van der Waals surface area contributed by atoms with E-state index in [2.05, 4.69) is 14.8 Å². The lowest BCUT2D eigenvalue weighted by Crippen LogP contribution is -2.50. The lowest BCUT2D eigenvalue weighted by molar-refractivity contribution is 0.0763. The predicted octanol–water partition coefficient (Wildman–Crippen LogP) is 5.95. The van der Waals surface area contributed by atoms with Crippen LogP contribution in [-0.4, -0.2) is 69.7 Å². The molecule has 0 spiro atoms. The fourth-order valence-electron chi connectivity index (χ4n) is 5.95. The Bertz CT molecular complexity index is 1330. The van der Waals surface area contributed by atoms with Crippen LogP contribution in [0.15, 0.2) is 66.9 Å². The lowest BCUT2D eigenvalue weighted by Gasteiger charge is -2.40. The summed E-state index contributed by atoms with van der Waals surface area (Å²) < 4.78 is 22.0. The molecule has 4 aromatic rings. The van der Waals surface area contributed by atoms with Crippen LogP contribution in [0.3, 0.4) is 0 Å². The number of nitrogens with zero attached hydrogens (tertiary/aromatic N) is 5. The highest BCUT2D eigenvalue weighted by atomic mass is 19.1. The van der Waals surface area contributed by atoms with Gasteiger partial charge in [0.15, 0.2) is 5.82 Å². The summed E-state index contributed by atoms with van der Waals surface area (Å²) >= 11 is 0.